The normalized spacial score (nSPS) is 15.8. The number of hydrogen-bond acceptors (Lipinski definition) is 4. The quantitative estimate of drug-likeness (QED) is 0.0939. The van der Waals surface area contributed by atoms with E-state index in [1.807, 2.05) is 31.4 Å². The molecule has 0 atom stereocenters. The number of nitrogens with zero attached hydrogens (tertiary/aromatic N) is 1. The summed E-state index contributed by atoms with van der Waals surface area (Å²) in [5.74, 6) is 1.27. The first-order chi connectivity index (χ1) is 27.8. The van der Waals surface area contributed by atoms with Gasteiger partial charge in [0, 0.05) is 69.1 Å². The maximum atomic E-state index is 12.8. The number of carbonyl (C=O) groups excluding carboxylic acids is 1. The van der Waals surface area contributed by atoms with Gasteiger partial charge >= 0.3 is 0 Å². The average molecular weight is 1020 g/mol. The molecule has 329 valence electrons. The molecule has 0 spiro atoms. The van der Waals surface area contributed by atoms with E-state index in [2.05, 4.69) is 171 Å². The Kier molecular flexibility index (Phi) is 13.8. The van der Waals surface area contributed by atoms with E-state index >= 15 is 0 Å². The van der Waals surface area contributed by atoms with Crippen molar-refractivity contribution in [3.63, 3.8) is 0 Å². The Morgan fingerprint density at radius 3 is 1.92 bits per heavy atom. The summed E-state index contributed by atoms with van der Waals surface area (Å²) >= 11 is 1.98. The molecule has 0 unspecified atom stereocenters. The number of aliphatic hydroxyl groups excluding tert-OH is 1. The molecule has 2 heterocycles. The van der Waals surface area contributed by atoms with Crippen molar-refractivity contribution in [1.82, 2.24) is 4.98 Å². The largest absolute Gasteiger partial charge is 0.512 e. The SMILES string of the molecule is CC(C)(C)c1cc(-c2nccc3cc4sc5c6c(ccc5c4cc23)C(C)(C)CCC6(C)C)[c-]c2ccccc12.CC(C)C(C)(C(=O)/C=C(\O)C(C)(C(C)C)C(C)C)C(C)C.[Ir]. The van der Waals surface area contributed by atoms with Crippen LogP contribution in [0.25, 0.3) is 53.0 Å². The van der Waals surface area contributed by atoms with Crippen LogP contribution in [0.1, 0.15) is 147 Å². The van der Waals surface area contributed by atoms with Gasteiger partial charge in [-0.3, -0.25) is 9.78 Å². The Bertz CT molecular complexity index is 2600. The van der Waals surface area contributed by atoms with E-state index in [1.54, 1.807) is 5.56 Å². The third kappa shape index (κ3) is 8.67. The number of carbonyl (C=O) groups is 1. The Morgan fingerprint density at radius 1 is 0.738 bits per heavy atom. The summed E-state index contributed by atoms with van der Waals surface area (Å²) < 4.78 is 2.83. The van der Waals surface area contributed by atoms with Gasteiger partial charge in [-0.25, -0.2) is 0 Å². The van der Waals surface area contributed by atoms with Crippen molar-refractivity contribution in [1.29, 1.82) is 0 Å². The Morgan fingerprint density at radius 2 is 1.33 bits per heavy atom. The summed E-state index contributed by atoms with van der Waals surface area (Å²) in [7, 11) is 0. The van der Waals surface area contributed by atoms with E-state index in [1.165, 1.54) is 66.4 Å². The molecule has 0 aliphatic heterocycles. The minimum Gasteiger partial charge on any atom is -0.512 e. The number of hydrogen-bond donors (Lipinski definition) is 1. The third-order valence-electron chi connectivity index (χ3n) is 15.3. The van der Waals surface area contributed by atoms with Crippen molar-refractivity contribution >= 4 is 58.8 Å². The molecule has 0 fully saturated rings. The standard InChI is InChI=1S/C37H36NS.C19H36O2.Ir/c1-35(2,3)30-19-24(18-22-10-8-9-11-25(22)30)33-27-21-28-26-12-13-29-32(37(6,7)16-15-36(29,4)5)34(26)39-31(28)20-23(27)14-17-38-33;1-12(2)18(9,13(3)4)16(20)11-17(21)19(10,14(5)6)15(7)8;/h8-14,17,19-21H,15-16H2,1-7H3;11-15,20H,1-10H3;/q-1;;/b;16-11-;. The average Bonchev–Trinajstić information content (AvgIpc) is 3.53. The minimum absolute atomic E-state index is 0. The number of aliphatic hydroxyl groups is 1. The molecule has 5 heteroatoms. The van der Waals surface area contributed by atoms with Crippen molar-refractivity contribution in [2.75, 3.05) is 0 Å². The second-order valence-corrected chi connectivity index (χ2v) is 23.0. The molecule has 0 amide bonds. The van der Waals surface area contributed by atoms with Crippen molar-refractivity contribution in [3.05, 3.63) is 101 Å². The zero-order valence-electron chi connectivity index (χ0n) is 40.2. The predicted molar refractivity (Wildman–Crippen MR) is 262 cm³/mol. The van der Waals surface area contributed by atoms with Crippen molar-refractivity contribution in [3.8, 4) is 11.3 Å². The molecule has 1 aliphatic rings. The first-order valence-electron chi connectivity index (χ1n) is 22.5. The van der Waals surface area contributed by atoms with Crippen molar-refractivity contribution in [2.24, 2.45) is 34.5 Å². The predicted octanol–water partition coefficient (Wildman–Crippen LogP) is 16.5. The summed E-state index contributed by atoms with van der Waals surface area (Å²) in [5.41, 5.74) is 6.13. The number of thiophene rings is 1. The third-order valence-corrected chi connectivity index (χ3v) is 16.5. The fourth-order valence-corrected chi connectivity index (χ4v) is 11.2. The first-order valence-corrected chi connectivity index (χ1v) is 23.3. The Hall–Kier alpha value is -3.37. The molecule has 61 heavy (non-hydrogen) atoms. The van der Waals surface area contributed by atoms with E-state index in [-0.39, 0.29) is 77.0 Å². The van der Waals surface area contributed by atoms with E-state index < -0.39 is 5.41 Å². The minimum atomic E-state index is -0.442. The van der Waals surface area contributed by atoms with Crippen LogP contribution < -0.4 is 0 Å². The zero-order chi connectivity index (χ0) is 44.5. The van der Waals surface area contributed by atoms with Crippen molar-refractivity contribution < 1.29 is 30.0 Å². The van der Waals surface area contributed by atoms with E-state index in [0.29, 0.717) is 0 Å². The molecule has 7 rings (SSSR count). The number of allylic oxidation sites excluding steroid dienone is 2. The summed E-state index contributed by atoms with van der Waals surface area (Å²) in [5, 5.41) is 18.2. The van der Waals surface area contributed by atoms with Gasteiger partial charge in [-0.15, -0.1) is 40.5 Å². The maximum absolute atomic E-state index is 12.8. The second-order valence-electron chi connectivity index (χ2n) is 21.9. The molecule has 4 aromatic carbocycles. The van der Waals surface area contributed by atoms with Gasteiger partial charge in [-0.2, -0.15) is 0 Å². The Labute approximate surface area is 385 Å². The van der Waals surface area contributed by atoms with Gasteiger partial charge in [0.2, 0.25) is 0 Å². The number of rotatable bonds is 8. The number of pyridine rings is 1. The van der Waals surface area contributed by atoms with E-state index in [9.17, 15) is 9.90 Å². The molecule has 6 aromatic rings. The first kappa shape index (κ1) is 48.7. The van der Waals surface area contributed by atoms with Crippen LogP contribution in [0.15, 0.2) is 78.7 Å². The van der Waals surface area contributed by atoms with Crippen LogP contribution in [0.4, 0.5) is 0 Å². The summed E-state index contributed by atoms with van der Waals surface area (Å²) in [6.45, 7) is 37.3. The van der Waals surface area contributed by atoms with E-state index in [0.717, 1.165) is 16.6 Å². The summed E-state index contributed by atoms with van der Waals surface area (Å²) in [4.78, 5) is 17.8. The van der Waals surface area contributed by atoms with Crippen LogP contribution in [0, 0.1) is 40.6 Å². The molecule has 1 radical (unpaired) electrons. The monoisotopic (exact) mass is 1020 g/mol. The van der Waals surface area contributed by atoms with Crippen LogP contribution in [0.3, 0.4) is 0 Å². The molecule has 1 N–H and O–H groups in total. The summed E-state index contributed by atoms with van der Waals surface area (Å²) in [6, 6.07) is 26.4. The fourth-order valence-electron chi connectivity index (χ4n) is 9.75. The fraction of sp³-hybridized carbons (Fsp3) is 0.500. The van der Waals surface area contributed by atoms with Crippen LogP contribution in [-0.2, 0) is 41.1 Å². The van der Waals surface area contributed by atoms with Gasteiger partial charge in [0.15, 0.2) is 5.78 Å². The van der Waals surface area contributed by atoms with Gasteiger partial charge in [-0.1, -0.05) is 165 Å². The van der Waals surface area contributed by atoms with E-state index in [4.69, 9.17) is 4.98 Å². The number of ketones is 1. The summed E-state index contributed by atoms with van der Waals surface area (Å²) in [6.07, 6.45) is 5.93. The van der Waals surface area contributed by atoms with Crippen molar-refractivity contribution in [2.45, 2.75) is 147 Å². The second kappa shape index (κ2) is 17.3. The maximum Gasteiger partial charge on any atom is 0.165 e. The molecule has 0 saturated carbocycles. The molecule has 0 bridgehead atoms. The van der Waals surface area contributed by atoms with Gasteiger partial charge in [-0.05, 0) is 86.8 Å². The van der Waals surface area contributed by atoms with Crippen LogP contribution in [0.5, 0.6) is 0 Å². The Balaban J connectivity index is 0.000000276. The number of benzene rings is 4. The zero-order valence-corrected chi connectivity index (χ0v) is 43.4. The number of fused-ring (bicyclic) bond motifs is 7. The molecule has 0 saturated heterocycles. The smallest absolute Gasteiger partial charge is 0.165 e. The van der Waals surface area contributed by atoms with Gasteiger partial charge in [0.1, 0.15) is 5.76 Å². The topological polar surface area (TPSA) is 50.2 Å². The van der Waals surface area contributed by atoms with Crippen LogP contribution in [0.2, 0.25) is 0 Å². The van der Waals surface area contributed by atoms with Gasteiger partial charge in [0.05, 0.1) is 0 Å². The molecular weight excluding hydrogens is 943 g/mol. The molecular formula is C56H72IrNO2S-. The molecule has 1 aliphatic carbocycles. The molecule has 2 aromatic heterocycles. The van der Waals surface area contributed by atoms with Gasteiger partial charge < -0.3 is 5.11 Å². The van der Waals surface area contributed by atoms with Crippen LogP contribution >= 0.6 is 11.3 Å². The molecule has 3 nitrogen and oxygen atoms in total. The van der Waals surface area contributed by atoms with Crippen LogP contribution in [-0.4, -0.2) is 15.9 Å². The van der Waals surface area contributed by atoms with Gasteiger partial charge in [0.25, 0.3) is 0 Å². The number of aromatic nitrogens is 1.